The predicted octanol–water partition coefficient (Wildman–Crippen LogP) is 4.54. The van der Waals surface area contributed by atoms with Gasteiger partial charge in [0.05, 0.1) is 22.9 Å². The van der Waals surface area contributed by atoms with Crippen LogP contribution in [0.25, 0.3) is 10.8 Å². The highest BCUT2D eigenvalue weighted by molar-refractivity contribution is 8.00. The molecule has 0 aromatic heterocycles. The minimum atomic E-state index is -3.85. The number of hydrogen-bond donors (Lipinski definition) is 2. The van der Waals surface area contributed by atoms with Gasteiger partial charge in [-0.25, -0.2) is 8.42 Å². The van der Waals surface area contributed by atoms with Gasteiger partial charge < -0.3 is 9.84 Å². The number of fused-ring (bicyclic) bond motifs is 1. The molecule has 6 nitrogen and oxygen atoms in total. The van der Waals surface area contributed by atoms with Crippen LogP contribution in [0.3, 0.4) is 0 Å². The highest BCUT2D eigenvalue weighted by atomic mass is 35.5. The van der Waals surface area contributed by atoms with Gasteiger partial charge in [0.2, 0.25) is 0 Å². The minimum absolute atomic E-state index is 0.0836. The molecule has 3 aromatic carbocycles. The van der Waals surface area contributed by atoms with Gasteiger partial charge >= 0.3 is 5.97 Å². The second-order valence-corrected chi connectivity index (χ2v) is 9.58. The molecule has 0 bridgehead atoms. The van der Waals surface area contributed by atoms with E-state index in [1.54, 1.807) is 6.07 Å². The predicted molar refractivity (Wildman–Crippen MR) is 113 cm³/mol. The van der Waals surface area contributed by atoms with Crippen molar-refractivity contribution >= 4 is 55.8 Å². The lowest BCUT2D eigenvalue weighted by atomic mass is 10.0. The van der Waals surface area contributed by atoms with Crippen LogP contribution < -0.4 is 4.72 Å². The van der Waals surface area contributed by atoms with E-state index < -0.39 is 16.0 Å². The van der Waals surface area contributed by atoms with Crippen molar-refractivity contribution in [3.63, 3.8) is 0 Å². The molecule has 0 spiro atoms. The van der Waals surface area contributed by atoms with Crippen molar-refractivity contribution in [3.05, 3.63) is 65.2 Å². The van der Waals surface area contributed by atoms with E-state index in [2.05, 4.69) is 4.72 Å². The lowest BCUT2D eigenvalue weighted by Crippen LogP contribution is -2.13. The van der Waals surface area contributed by atoms with Crippen molar-refractivity contribution in [2.75, 3.05) is 17.1 Å². The normalized spacial score (nSPS) is 16.0. The monoisotopic (exact) mass is 449 g/mol. The summed E-state index contributed by atoms with van der Waals surface area (Å²) in [6.45, 7) is 0.556. The quantitative estimate of drug-likeness (QED) is 0.406. The SMILES string of the molecule is O=C(O)CSc1cc(NS(=O)(=O)c2ccc(Cl)cc2)c2ccccc2c1C1CO1. The molecule has 1 saturated heterocycles. The average Bonchev–Trinajstić information content (AvgIpc) is 3.51. The van der Waals surface area contributed by atoms with Gasteiger partial charge in [0, 0.05) is 20.9 Å². The smallest absolute Gasteiger partial charge is 0.313 e. The molecule has 1 aliphatic rings. The zero-order valence-electron chi connectivity index (χ0n) is 15.0. The second kappa shape index (κ2) is 7.87. The first-order chi connectivity index (χ1) is 13.8. The van der Waals surface area contributed by atoms with E-state index in [1.807, 2.05) is 24.3 Å². The van der Waals surface area contributed by atoms with Crippen LogP contribution in [0.4, 0.5) is 5.69 Å². The first kappa shape index (κ1) is 20.0. The van der Waals surface area contributed by atoms with Gasteiger partial charge in [-0.1, -0.05) is 35.9 Å². The fourth-order valence-corrected chi connectivity index (χ4v) is 5.15. The Hall–Kier alpha value is -2.26. The number of carboxylic acids is 1. The van der Waals surface area contributed by atoms with Crippen molar-refractivity contribution in [2.24, 2.45) is 0 Å². The number of carboxylic acid groups (broad SMARTS) is 1. The van der Waals surface area contributed by atoms with Crippen LogP contribution >= 0.6 is 23.4 Å². The molecular weight excluding hydrogens is 434 g/mol. The van der Waals surface area contributed by atoms with Crippen molar-refractivity contribution in [3.8, 4) is 0 Å². The number of anilines is 1. The second-order valence-electron chi connectivity index (χ2n) is 6.45. The van der Waals surface area contributed by atoms with E-state index in [1.165, 1.54) is 24.3 Å². The molecule has 4 rings (SSSR count). The maximum atomic E-state index is 12.9. The van der Waals surface area contributed by atoms with Crippen LogP contribution in [0.2, 0.25) is 5.02 Å². The largest absolute Gasteiger partial charge is 0.481 e. The number of sulfonamides is 1. The molecule has 1 fully saturated rings. The highest BCUT2D eigenvalue weighted by Crippen LogP contribution is 2.44. The summed E-state index contributed by atoms with van der Waals surface area (Å²) < 4.78 is 33.9. The molecule has 0 aliphatic carbocycles. The van der Waals surface area contributed by atoms with E-state index in [0.29, 0.717) is 22.2 Å². The summed E-state index contributed by atoms with van der Waals surface area (Å²) in [4.78, 5) is 11.9. The Morgan fingerprint density at radius 1 is 1.17 bits per heavy atom. The summed E-state index contributed by atoms with van der Waals surface area (Å²) in [7, 11) is -3.85. The van der Waals surface area contributed by atoms with Crippen LogP contribution in [0, 0.1) is 0 Å². The molecule has 1 unspecified atom stereocenters. The van der Waals surface area contributed by atoms with E-state index in [9.17, 15) is 13.2 Å². The zero-order valence-corrected chi connectivity index (χ0v) is 17.4. The molecule has 1 aliphatic heterocycles. The Balaban J connectivity index is 1.82. The van der Waals surface area contributed by atoms with Crippen molar-refractivity contribution in [1.29, 1.82) is 0 Å². The summed E-state index contributed by atoms with van der Waals surface area (Å²) in [5.41, 5.74) is 1.27. The molecule has 0 saturated carbocycles. The first-order valence-corrected chi connectivity index (χ1v) is 11.5. The summed E-state index contributed by atoms with van der Waals surface area (Å²) in [6, 6.07) is 15.0. The topological polar surface area (TPSA) is 96.0 Å². The van der Waals surface area contributed by atoms with Gasteiger partial charge in [-0.05, 0) is 35.7 Å². The average molecular weight is 450 g/mol. The Morgan fingerprint density at radius 3 is 2.45 bits per heavy atom. The molecule has 9 heteroatoms. The number of aliphatic carboxylic acids is 1. The van der Waals surface area contributed by atoms with Crippen LogP contribution in [0.1, 0.15) is 11.7 Å². The number of halogens is 1. The third-order valence-electron chi connectivity index (χ3n) is 4.42. The van der Waals surface area contributed by atoms with Crippen molar-refractivity contribution in [1.82, 2.24) is 0 Å². The third kappa shape index (κ3) is 4.35. The highest BCUT2D eigenvalue weighted by Gasteiger charge is 2.31. The molecule has 150 valence electrons. The van der Waals surface area contributed by atoms with Gasteiger partial charge in [0.15, 0.2) is 0 Å². The van der Waals surface area contributed by atoms with E-state index >= 15 is 0 Å². The number of benzene rings is 3. The molecule has 0 amide bonds. The summed E-state index contributed by atoms with van der Waals surface area (Å²) in [6.07, 6.45) is -0.113. The van der Waals surface area contributed by atoms with E-state index in [-0.39, 0.29) is 16.8 Å². The lowest BCUT2D eigenvalue weighted by molar-refractivity contribution is -0.133. The van der Waals surface area contributed by atoms with Gasteiger partial charge in [-0.15, -0.1) is 11.8 Å². The molecule has 0 radical (unpaired) electrons. The van der Waals surface area contributed by atoms with Crippen molar-refractivity contribution in [2.45, 2.75) is 15.9 Å². The number of ether oxygens (including phenoxy) is 1. The van der Waals surface area contributed by atoms with Gasteiger partial charge in [0.25, 0.3) is 10.0 Å². The van der Waals surface area contributed by atoms with Crippen LogP contribution in [0.5, 0.6) is 0 Å². The zero-order chi connectivity index (χ0) is 20.6. The fraction of sp³-hybridized carbons (Fsp3) is 0.150. The number of carbonyl (C=O) groups is 1. The molecule has 2 N–H and O–H groups in total. The molecule has 29 heavy (non-hydrogen) atoms. The fourth-order valence-electron chi connectivity index (χ4n) is 3.08. The maximum Gasteiger partial charge on any atom is 0.313 e. The molecule has 1 heterocycles. The lowest BCUT2D eigenvalue weighted by Gasteiger charge is -2.16. The number of thioether (sulfide) groups is 1. The van der Waals surface area contributed by atoms with Crippen LogP contribution in [-0.4, -0.2) is 31.9 Å². The molecular formula is C20H16ClNO5S2. The van der Waals surface area contributed by atoms with Gasteiger partial charge in [0.1, 0.15) is 6.10 Å². The Kier molecular flexibility index (Phi) is 5.44. The van der Waals surface area contributed by atoms with Gasteiger partial charge in [-0.3, -0.25) is 9.52 Å². The Morgan fingerprint density at radius 2 is 1.83 bits per heavy atom. The third-order valence-corrected chi connectivity index (χ3v) is 7.10. The number of hydrogen-bond acceptors (Lipinski definition) is 5. The molecule has 3 aromatic rings. The maximum absolute atomic E-state index is 12.9. The number of nitrogens with one attached hydrogen (secondary N) is 1. The number of epoxide rings is 1. The Labute approximate surface area is 176 Å². The van der Waals surface area contributed by atoms with Crippen LogP contribution in [-0.2, 0) is 19.6 Å². The van der Waals surface area contributed by atoms with E-state index in [0.717, 1.165) is 28.1 Å². The summed E-state index contributed by atoms with van der Waals surface area (Å²) in [5, 5.41) is 11.1. The van der Waals surface area contributed by atoms with Crippen molar-refractivity contribution < 1.29 is 23.1 Å². The number of rotatable bonds is 7. The van der Waals surface area contributed by atoms with Crippen LogP contribution in [0.15, 0.2) is 64.4 Å². The molecule has 1 atom stereocenters. The summed E-state index contributed by atoms with van der Waals surface area (Å²) in [5.74, 6) is -1.09. The first-order valence-electron chi connectivity index (χ1n) is 8.65. The summed E-state index contributed by atoms with van der Waals surface area (Å²) >= 11 is 7.00. The standard InChI is InChI=1S/C20H16ClNO5S2/c21-12-5-7-13(8-6-12)29(25,26)22-16-9-18(28-11-19(23)24)20(17-10-27-17)15-4-2-1-3-14(15)16/h1-9,17,22H,10-11H2,(H,23,24). The van der Waals surface area contributed by atoms with Gasteiger partial charge in [-0.2, -0.15) is 0 Å². The Bertz CT molecular complexity index is 1190. The van der Waals surface area contributed by atoms with E-state index in [4.69, 9.17) is 21.4 Å². The minimum Gasteiger partial charge on any atom is -0.481 e.